The summed E-state index contributed by atoms with van der Waals surface area (Å²) in [4.78, 5) is 21.4. The first kappa shape index (κ1) is 26.8. The Balaban J connectivity index is 1.24. The molecule has 1 aromatic heterocycles. The quantitative estimate of drug-likeness (QED) is 0.361. The summed E-state index contributed by atoms with van der Waals surface area (Å²) in [5, 5.41) is 20.5. The minimum atomic E-state index is -0.509. The SMILES string of the molecule is CC(C)(C)OC(=O)N[C@@H]1[C@@H]2CC3C[C@H]1C[C@@](CNc1nc(NCc4cccc(Cl)c4Cl)ncc1C#N)(C3)C2. The van der Waals surface area contributed by atoms with Gasteiger partial charge in [-0.1, -0.05) is 35.3 Å². The number of hydrogen-bond donors (Lipinski definition) is 3. The van der Waals surface area contributed by atoms with Crippen LogP contribution < -0.4 is 16.0 Å². The lowest BCUT2D eigenvalue weighted by molar-refractivity contribution is -0.0703. The number of nitriles is 1. The van der Waals surface area contributed by atoms with Gasteiger partial charge in [0.1, 0.15) is 23.1 Å². The first-order chi connectivity index (χ1) is 18.0. The molecule has 3 N–H and O–H groups in total. The molecule has 38 heavy (non-hydrogen) atoms. The molecule has 4 aliphatic carbocycles. The predicted molar refractivity (Wildman–Crippen MR) is 148 cm³/mol. The molecule has 6 rings (SSSR count). The highest BCUT2D eigenvalue weighted by Crippen LogP contribution is 2.60. The van der Waals surface area contributed by atoms with Gasteiger partial charge in [0, 0.05) is 19.1 Å². The first-order valence-electron chi connectivity index (χ1n) is 13.2. The minimum Gasteiger partial charge on any atom is -0.444 e. The molecule has 5 atom stereocenters. The Kier molecular flexibility index (Phi) is 7.36. The number of hydrogen-bond acceptors (Lipinski definition) is 7. The van der Waals surface area contributed by atoms with E-state index in [1.165, 1.54) is 6.20 Å². The van der Waals surface area contributed by atoms with Crippen molar-refractivity contribution < 1.29 is 9.53 Å². The molecule has 0 spiro atoms. The van der Waals surface area contributed by atoms with Crippen LogP contribution in [0.3, 0.4) is 0 Å². The van der Waals surface area contributed by atoms with Crippen LogP contribution in [0.5, 0.6) is 0 Å². The lowest BCUT2D eigenvalue weighted by Gasteiger charge is -2.60. The number of alkyl carbamates (subject to hydrolysis) is 1. The number of nitrogens with zero attached hydrogens (tertiary/aromatic N) is 3. The van der Waals surface area contributed by atoms with E-state index in [9.17, 15) is 10.1 Å². The fourth-order valence-corrected chi connectivity index (χ4v) is 7.29. The Hall–Kier alpha value is -2.76. The van der Waals surface area contributed by atoms with E-state index in [-0.39, 0.29) is 17.6 Å². The normalized spacial score (nSPS) is 27.5. The maximum absolute atomic E-state index is 12.5. The molecule has 2 aromatic rings. The maximum atomic E-state index is 12.5. The minimum absolute atomic E-state index is 0.127. The Morgan fingerprint density at radius 3 is 2.61 bits per heavy atom. The zero-order chi connectivity index (χ0) is 27.1. The molecule has 1 heterocycles. The summed E-state index contributed by atoms with van der Waals surface area (Å²) in [6.45, 7) is 6.81. The molecule has 0 radical (unpaired) electrons. The highest BCUT2D eigenvalue weighted by Gasteiger charge is 2.55. The van der Waals surface area contributed by atoms with Gasteiger partial charge in [0.05, 0.1) is 16.2 Å². The molecule has 4 bridgehead atoms. The van der Waals surface area contributed by atoms with E-state index in [0.717, 1.165) is 44.2 Å². The monoisotopic (exact) mass is 556 g/mol. The number of carbonyl (C=O) groups excluding carboxylic acids is 1. The number of benzene rings is 1. The largest absolute Gasteiger partial charge is 0.444 e. The molecule has 4 fully saturated rings. The molecular formula is C28H34Cl2N6O2. The summed E-state index contributed by atoms with van der Waals surface area (Å²) < 4.78 is 5.54. The summed E-state index contributed by atoms with van der Waals surface area (Å²) in [5.74, 6) is 2.50. The van der Waals surface area contributed by atoms with Gasteiger partial charge in [-0.15, -0.1) is 0 Å². The lowest BCUT2D eigenvalue weighted by atomic mass is 9.48. The first-order valence-corrected chi connectivity index (χ1v) is 14.0. The zero-order valence-corrected chi connectivity index (χ0v) is 23.5. The molecule has 0 saturated heterocycles. The van der Waals surface area contributed by atoms with Crippen molar-refractivity contribution in [3.63, 3.8) is 0 Å². The van der Waals surface area contributed by atoms with Crippen LogP contribution in [0, 0.1) is 34.5 Å². The number of nitrogens with one attached hydrogen (secondary N) is 3. The van der Waals surface area contributed by atoms with E-state index in [4.69, 9.17) is 27.9 Å². The van der Waals surface area contributed by atoms with Crippen LogP contribution in [-0.2, 0) is 11.3 Å². The predicted octanol–water partition coefficient (Wildman–Crippen LogP) is 6.40. The summed E-state index contributed by atoms with van der Waals surface area (Å²) in [5.41, 5.74) is 0.864. The van der Waals surface area contributed by atoms with Crippen LogP contribution in [0.1, 0.15) is 64.0 Å². The Labute approximate surface area is 233 Å². The van der Waals surface area contributed by atoms with Crippen molar-refractivity contribution in [1.82, 2.24) is 15.3 Å². The van der Waals surface area contributed by atoms with Gasteiger partial charge in [0.2, 0.25) is 5.95 Å². The highest BCUT2D eigenvalue weighted by atomic mass is 35.5. The second-order valence-corrected chi connectivity index (χ2v) is 12.9. The van der Waals surface area contributed by atoms with Gasteiger partial charge >= 0.3 is 6.09 Å². The van der Waals surface area contributed by atoms with E-state index in [1.54, 1.807) is 6.07 Å². The summed E-state index contributed by atoms with van der Waals surface area (Å²) >= 11 is 12.4. The topological polar surface area (TPSA) is 112 Å². The Morgan fingerprint density at radius 1 is 1.18 bits per heavy atom. The van der Waals surface area contributed by atoms with Gasteiger partial charge < -0.3 is 20.7 Å². The van der Waals surface area contributed by atoms with Crippen LogP contribution >= 0.6 is 23.2 Å². The van der Waals surface area contributed by atoms with E-state index >= 15 is 0 Å². The summed E-state index contributed by atoms with van der Waals surface area (Å²) in [6.07, 6.45) is 6.76. The van der Waals surface area contributed by atoms with Crippen molar-refractivity contribution in [3.8, 4) is 6.07 Å². The molecule has 8 nitrogen and oxygen atoms in total. The van der Waals surface area contributed by atoms with E-state index in [1.807, 2.05) is 32.9 Å². The molecule has 10 heteroatoms. The average Bonchev–Trinajstić information content (AvgIpc) is 2.84. The van der Waals surface area contributed by atoms with Crippen molar-refractivity contribution in [1.29, 1.82) is 5.26 Å². The van der Waals surface area contributed by atoms with Crippen LogP contribution in [-0.4, -0.2) is 34.2 Å². The Morgan fingerprint density at radius 2 is 1.92 bits per heavy atom. The van der Waals surface area contributed by atoms with Crippen molar-refractivity contribution in [3.05, 3.63) is 45.6 Å². The van der Waals surface area contributed by atoms with Gasteiger partial charge in [-0.05, 0) is 87.7 Å². The summed E-state index contributed by atoms with van der Waals surface area (Å²) in [7, 11) is 0. The molecule has 1 unspecified atom stereocenters. The molecule has 0 aliphatic heterocycles. The van der Waals surface area contributed by atoms with Crippen LogP contribution in [0.15, 0.2) is 24.4 Å². The maximum Gasteiger partial charge on any atom is 0.407 e. The average molecular weight is 558 g/mol. The van der Waals surface area contributed by atoms with Crippen molar-refractivity contribution in [2.24, 2.45) is 23.2 Å². The smallest absolute Gasteiger partial charge is 0.407 e. The van der Waals surface area contributed by atoms with E-state index in [2.05, 4.69) is 32.0 Å². The number of aromatic nitrogens is 2. The van der Waals surface area contributed by atoms with E-state index < -0.39 is 5.60 Å². The van der Waals surface area contributed by atoms with Crippen molar-refractivity contribution >= 4 is 41.1 Å². The van der Waals surface area contributed by atoms with Crippen LogP contribution in [0.25, 0.3) is 0 Å². The second-order valence-electron chi connectivity index (χ2n) is 12.1. The third kappa shape index (κ3) is 5.79. The third-order valence-corrected chi connectivity index (χ3v) is 8.95. The van der Waals surface area contributed by atoms with Crippen LogP contribution in [0.2, 0.25) is 10.0 Å². The fraction of sp³-hybridized carbons (Fsp3) is 0.571. The number of anilines is 2. The number of ether oxygens (including phenoxy) is 1. The second kappa shape index (κ2) is 10.4. The lowest BCUT2D eigenvalue weighted by Crippen LogP contribution is -2.60. The molecule has 1 aromatic carbocycles. The third-order valence-electron chi connectivity index (χ3n) is 8.09. The molecule has 1 amide bonds. The summed E-state index contributed by atoms with van der Waals surface area (Å²) in [6, 6.07) is 7.85. The van der Waals surface area contributed by atoms with Gasteiger partial charge in [0.25, 0.3) is 0 Å². The zero-order valence-electron chi connectivity index (χ0n) is 22.0. The van der Waals surface area contributed by atoms with Crippen LogP contribution in [0.4, 0.5) is 16.6 Å². The number of halogens is 2. The number of amides is 1. The van der Waals surface area contributed by atoms with E-state index in [0.29, 0.717) is 51.7 Å². The van der Waals surface area contributed by atoms with Gasteiger partial charge in [-0.3, -0.25) is 0 Å². The fourth-order valence-electron chi connectivity index (χ4n) is 6.90. The number of carbonyl (C=O) groups is 1. The number of rotatable bonds is 7. The molecule has 4 saturated carbocycles. The standard InChI is InChI=1S/C28H34Cl2N6O2/c1-27(2,3)38-26(37)35-23-18-7-16-8-19(23)11-28(9-16,10-18)15-34-24-20(12-31)14-33-25(36-24)32-13-17-5-4-6-21(29)22(17)30/h4-6,14,16,18-19,23H,7-11,13,15H2,1-3H3,(H,35,37)(H2,32,33,34,36)/t16?,18-,19+,23-,28-. The molecule has 202 valence electrons. The highest BCUT2D eigenvalue weighted by molar-refractivity contribution is 6.42. The Bertz CT molecular complexity index is 1240. The van der Waals surface area contributed by atoms with Gasteiger partial charge in [-0.2, -0.15) is 10.2 Å². The van der Waals surface area contributed by atoms with Crippen molar-refractivity contribution in [2.45, 2.75) is 71.1 Å². The van der Waals surface area contributed by atoms with Gasteiger partial charge in [-0.25, -0.2) is 9.78 Å². The van der Waals surface area contributed by atoms with Gasteiger partial charge in [0.15, 0.2) is 0 Å². The molecule has 4 aliphatic rings. The van der Waals surface area contributed by atoms with Crippen molar-refractivity contribution in [2.75, 3.05) is 17.2 Å². The molecular weight excluding hydrogens is 523 g/mol.